The standard InChI is InChI=1S/C13H14F3N3/c1-8(2)19-7-18-11(12(19)17)9-3-5-10(6-4-9)13(14,15)16/h3-8H,17H2,1-2H3. The van der Waals surface area contributed by atoms with Gasteiger partial charge in [0.15, 0.2) is 0 Å². The predicted molar refractivity (Wildman–Crippen MR) is 67.5 cm³/mol. The molecule has 0 amide bonds. The van der Waals surface area contributed by atoms with E-state index in [0.717, 1.165) is 12.1 Å². The van der Waals surface area contributed by atoms with Gasteiger partial charge >= 0.3 is 6.18 Å². The van der Waals surface area contributed by atoms with Crippen LogP contribution in [0.3, 0.4) is 0 Å². The third-order valence-electron chi connectivity index (χ3n) is 2.87. The molecule has 0 bridgehead atoms. The van der Waals surface area contributed by atoms with Crippen molar-refractivity contribution in [2.45, 2.75) is 26.1 Å². The Bertz CT molecular complexity index is 568. The van der Waals surface area contributed by atoms with Gasteiger partial charge in [-0.25, -0.2) is 4.98 Å². The number of rotatable bonds is 2. The Morgan fingerprint density at radius 1 is 1.16 bits per heavy atom. The molecule has 0 saturated carbocycles. The average molecular weight is 269 g/mol. The summed E-state index contributed by atoms with van der Waals surface area (Å²) in [7, 11) is 0. The molecule has 0 aliphatic rings. The van der Waals surface area contributed by atoms with Crippen LogP contribution in [0.2, 0.25) is 0 Å². The molecule has 2 rings (SSSR count). The first-order valence-corrected chi connectivity index (χ1v) is 5.80. The minimum atomic E-state index is -4.33. The Balaban J connectivity index is 2.38. The Hall–Kier alpha value is -1.98. The van der Waals surface area contributed by atoms with Crippen LogP contribution in [0.5, 0.6) is 0 Å². The summed E-state index contributed by atoms with van der Waals surface area (Å²) >= 11 is 0. The summed E-state index contributed by atoms with van der Waals surface area (Å²) in [6.45, 7) is 3.91. The summed E-state index contributed by atoms with van der Waals surface area (Å²) in [4.78, 5) is 4.16. The lowest BCUT2D eigenvalue weighted by molar-refractivity contribution is -0.137. The lowest BCUT2D eigenvalue weighted by Crippen LogP contribution is -2.05. The van der Waals surface area contributed by atoms with E-state index in [1.165, 1.54) is 12.1 Å². The molecular formula is C13H14F3N3. The van der Waals surface area contributed by atoms with E-state index in [4.69, 9.17) is 5.73 Å². The fraction of sp³-hybridized carbons (Fsp3) is 0.308. The van der Waals surface area contributed by atoms with Crippen molar-refractivity contribution < 1.29 is 13.2 Å². The first-order chi connectivity index (χ1) is 8.80. The molecule has 2 aromatic rings. The highest BCUT2D eigenvalue weighted by molar-refractivity contribution is 5.70. The van der Waals surface area contributed by atoms with Gasteiger partial charge in [0.1, 0.15) is 11.5 Å². The van der Waals surface area contributed by atoms with Crippen molar-refractivity contribution in [2.75, 3.05) is 5.73 Å². The molecule has 0 radical (unpaired) electrons. The molecule has 0 saturated heterocycles. The molecule has 1 aromatic heterocycles. The predicted octanol–water partition coefficient (Wildman–Crippen LogP) is 3.73. The third kappa shape index (κ3) is 2.57. The number of nitrogens with two attached hydrogens (primary N) is 1. The van der Waals surface area contributed by atoms with Gasteiger partial charge in [-0.3, -0.25) is 0 Å². The van der Waals surface area contributed by atoms with Crippen LogP contribution in [0.4, 0.5) is 19.0 Å². The Morgan fingerprint density at radius 3 is 2.16 bits per heavy atom. The van der Waals surface area contributed by atoms with Crippen LogP contribution >= 0.6 is 0 Å². The van der Waals surface area contributed by atoms with Crippen molar-refractivity contribution in [3.8, 4) is 11.3 Å². The summed E-state index contributed by atoms with van der Waals surface area (Å²) in [6, 6.07) is 4.97. The number of benzene rings is 1. The highest BCUT2D eigenvalue weighted by Crippen LogP contribution is 2.32. The van der Waals surface area contributed by atoms with Crippen molar-refractivity contribution in [3.05, 3.63) is 36.2 Å². The minimum Gasteiger partial charge on any atom is -0.383 e. The molecule has 0 spiro atoms. The highest BCUT2D eigenvalue weighted by Gasteiger charge is 2.30. The van der Waals surface area contributed by atoms with Crippen LogP contribution in [0.1, 0.15) is 25.5 Å². The van der Waals surface area contributed by atoms with Crippen LogP contribution in [-0.4, -0.2) is 9.55 Å². The summed E-state index contributed by atoms with van der Waals surface area (Å²) in [6.07, 6.45) is -2.74. The second kappa shape index (κ2) is 4.60. The van der Waals surface area contributed by atoms with E-state index in [9.17, 15) is 13.2 Å². The molecular weight excluding hydrogens is 255 g/mol. The Labute approximate surface area is 108 Å². The quantitative estimate of drug-likeness (QED) is 0.902. The van der Waals surface area contributed by atoms with E-state index in [-0.39, 0.29) is 6.04 Å². The number of alkyl halides is 3. The number of anilines is 1. The maximum absolute atomic E-state index is 12.5. The average Bonchev–Trinajstić information content (AvgIpc) is 2.70. The molecule has 0 fully saturated rings. The Kier molecular flexibility index (Phi) is 3.26. The van der Waals surface area contributed by atoms with Gasteiger partial charge in [0.25, 0.3) is 0 Å². The van der Waals surface area contributed by atoms with Gasteiger partial charge in [-0.2, -0.15) is 13.2 Å². The fourth-order valence-electron chi connectivity index (χ4n) is 1.82. The molecule has 19 heavy (non-hydrogen) atoms. The molecule has 1 aromatic carbocycles. The molecule has 1 heterocycles. The van der Waals surface area contributed by atoms with Crippen LogP contribution in [-0.2, 0) is 6.18 Å². The van der Waals surface area contributed by atoms with E-state index in [1.54, 1.807) is 10.9 Å². The summed E-state index contributed by atoms with van der Waals surface area (Å²) in [5, 5.41) is 0. The number of nitrogen functional groups attached to an aromatic ring is 1. The van der Waals surface area contributed by atoms with Crippen molar-refractivity contribution in [1.82, 2.24) is 9.55 Å². The normalized spacial score (nSPS) is 12.1. The summed E-state index contributed by atoms with van der Waals surface area (Å²) in [5.41, 5.74) is 6.33. The summed E-state index contributed by atoms with van der Waals surface area (Å²) < 4.78 is 39.2. The van der Waals surface area contributed by atoms with E-state index in [1.807, 2.05) is 13.8 Å². The second-order valence-corrected chi connectivity index (χ2v) is 4.55. The maximum atomic E-state index is 12.5. The van der Waals surface area contributed by atoms with Gasteiger partial charge < -0.3 is 10.3 Å². The van der Waals surface area contributed by atoms with Gasteiger partial charge in [0, 0.05) is 11.6 Å². The van der Waals surface area contributed by atoms with Crippen molar-refractivity contribution >= 4 is 5.82 Å². The third-order valence-corrected chi connectivity index (χ3v) is 2.87. The van der Waals surface area contributed by atoms with Crippen LogP contribution in [0.15, 0.2) is 30.6 Å². The lowest BCUT2D eigenvalue weighted by Gasteiger charge is -2.10. The molecule has 0 aliphatic heterocycles. The molecule has 0 unspecified atom stereocenters. The van der Waals surface area contributed by atoms with E-state index < -0.39 is 11.7 Å². The van der Waals surface area contributed by atoms with E-state index in [2.05, 4.69) is 4.98 Å². The monoisotopic (exact) mass is 269 g/mol. The zero-order valence-electron chi connectivity index (χ0n) is 10.6. The van der Waals surface area contributed by atoms with Crippen LogP contribution in [0.25, 0.3) is 11.3 Å². The van der Waals surface area contributed by atoms with Gasteiger partial charge in [-0.1, -0.05) is 12.1 Å². The van der Waals surface area contributed by atoms with Crippen LogP contribution < -0.4 is 5.73 Å². The molecule has 2 N–H and O–H groups in total. The molecule has 0 atom stereocenters. The van der Waals surface area contributed by atoms with E-state index >= 15 is 0 Å². The maximum Gasteiger partial charge on any atom is 0.416 e. The van der Waals surface area contributed by atoms with Gasteiger partial charge in [-0.05, 0) is 26.0 Å². The summed E-state index contributed by atoms with van der Waals surface area (Å²) in [5.74, 6) is 0.453. The topological polar surface area (TPSA) is 43.8 Å². The zero-order valence-corrected chi connectivity index (χ0v) is 10.6. The number of hydrogen-bond donors (Lipinski definition) is 1. The zero-order chi connectivity index (χ0) is 14.2. The molecule has 102 valence electrons. The molecule has 3 nitrogen and oxygen atoms in total. The number of halogens is 3. The van der Waals surface area contributed by atoms with Crippen molar-refractivity contribution in [2.24, 2.45) is 0 Å². The van der Waals surface area contributed by atoms with Crippen LogP contribution in [0, 0.1) is 0 Å². The number of hydrogen-bond acceptors (Lipinski definition) is 2. The first kappa shape index (κ1) is 13.5. The highest BCUT2D eigenvalue weighted by atomic mass is 19.4. The lowest BCUT2D eigenvalue weighted by atomic mass is 10.1. The second-order valence-electron chi connectivity index (χ2n) is 4.55. The molecule has 6 heteroatoms. The van der Waals surface area contributed by atoms with E-state index in [0.29, 0.717) is 17.1 Å². The SMILES string of the molecule is CC(C)n1cnc(-c2ccc(C(F)(F)F)cc2)c1N. The number of aromatic nitrogens is 2. The Morgan fingerprint density at radius 2 is 1.74 bits per heavy atom. The van der Waals surface area contributed by atoms with Crippen molar-refractivity contribution in [3.63, 3.8) is 0 Å². The molecule has 0 aliphatic carbocycles. The van der Waals surface area contributed by atoms with Crippen molar-refractivity contribution in [1.29, 1.82) is 0 Å². The minimum absolute atomic E-state index is 0.149. The number of nitrogens with zero attached hydrogens (tertiary/aromatic N) is 2. The van der Waals surface area contributed by atoms with Gasteiger partial charge in [0.05, 0.1) is 11.9 Å². The first-order valence-electron chi connectivity index (χ1n) is 5.80. The van der Waals surface area contributed by atoms with Gasteiger partial charge in [-0.15, -0.1) is 0 Å². The number of imidazole rings is 1. The largest absolute Gasteiger partial charge is 0.416 e. The smallest absolute Gasteiger partial charge is 0.383 e. The van der Waals surface area contributed by atoms with Gasteiger partial charge in [0.2, 0.25) is 0 Å². The fourth-order valence-corrected chi connectivity index (χ4v) is 1.82.